The summed E-state index contributed by atoms with van der Waals surface area (Å²) in [6.07, 6.45) is 17.4. The van der Waals surface area contributed by atoms with Gasteiger partial charge in [0.1, 0.15) is 11.5 Å². The molecule has 1 atom stereocenters. The number of aromatic nitrogens is 4. The number of unbranched alkanes of at least 4 members (excludes halogenated alkanes) is 3. The lowest BCUT2D eigenvalue weighted by molar-refractivity contribution is 0.305. The SMILES string of the molecule is CCC(C)CCSCCCCCCOc1ccc(-c2ncc(C)cn2)cc1.Cc1cnc(-c2ccc(OCCC[Si](C)(C)O[Si](C)(C)CCC(C)C)cc2)nc1. The highest BCUT2D eigenvalue weighted by Gasteiger charge is 2.32. The standard InChI is InChI=1S/C23H38N2O2Si2.C23H34N2OS/c1-19(2)13-16-29(6,7)27-28(4,5)15-8-14-26-22-11-9-21(10-12-22)23-24-17-20(3)18-25-23;1-4-19(2)13-16-27-15-8-6-5-7-14-26-22-11-9-21(10-12-22)23-24-17-20(3)18-25-23/h9-12,17-19H,8,13-16H2,1-7H3;9-12,17-19H,4-8,13-16H2,1-3H3. The quantitative estimate of drug-likeness (QED) is 0.0511. The number of ether oxygens (including phenoxy) is 2. The van der Waals surface area contributed by atoms with Crippen LogP contribution in [0.15, 0.2) is 73.3 Å². The van der Waals surface area contributed by atoms with Crippen LogP contribution < -0.4 is 9.47 Å². The van der Waals surface area contributed by atoms with Gasteiger partial charge in [-0.3, -0.25) is 0 Å². The Morgan fingerprint density at radius 3 is 1.52 bits per heavy atom. The Kier molecular flexibility index (Phi) is 21.4. The van der Waals surface area contributed by atoms with Gasteiger partial charge in [0, 0.05) is 35.9 Å². The van der Waals surface area contributed by atoms with Crippen molar-refractivity contribution in [3.05, 3.63) is 84.4 Å². The van der Waals surface area contributed by atoms with Crippen LogP contribution >= 0.6 is 11.8 Å². The molecule has 7 nitrogen and oxygen atoms in total. The van der Waals surface area contributed by atoms with Gasteiger partial charge in [0.25, 0.3) is 0 Å². The second-order valence-electron chi connectivity index (χ2n) is 16.9. The van der Waals surface area contributed by atoms with Gasteiger partial charge in [-0.25, -0.2) is 19.9 Å². The van der Waals surface area contributed by atoms with E-state index in [0.29, 0.717) is 0 Å². The number of aryl methyl sites for hydroxylation is 2. The molecule has 0 spiro atoms. The van der Waals surface area contributed by atoms with Crippen molar-refractivity contribution in [3.63, 3.8) is 0 Å². The molecule has 10 heteroatoms. The molecular formula is C46H72N4O3SSi2. The zero-order valence-corrected chi connectivity index (χ0v) is 39.2. The number of rotatable bonds is 24. The summed E-state index contributed by atoms with van der Waals surface area (Å²) in [4.78, 5) is 17.5. The highest BCUT2D eigenvalue weighted by molar-refractivity contribution is 7.99. The molecule has 2 aromatic carbocycles. The van der Waals surface area contributed by atoms with Crippen LogP contribution in [0.2, 0.25) is 38.3 Å². The van der Waals surface area contributed by atoms with Crippen molar-refractivity contribution in [2.24, 2.45) is 11.8 Å². The fourth-order valence-electron chi connectivity index (χ4n) is 6.10. The van der Waals surface area contributed by atoms with Gasteiger partial charge >= 0.3 is 0 Å². The molecule has 4 aromatic rings. The summed E-state index contributed by atoms with van der Waals surface area (Å²) in [5.41, 5.74) is 4.17. The lowest BCUT2D eigenvalue weighted by Crippen LogP contribution is -2.44. The van der Waals surface area contributed by atoms with E-state index in [-0.39, 0.29) is 0 Å². The number of benzene rings is 2. The van der Waals surface area contributed by atoms with Crippen LogP contribution in [0.3, 0.4) is 0 Å². The highest BCUT2D eigenvalue weighted by Crippen LogP contribution is 2.26. The molecule has 0 saturated carbocycles. The van der Waals surface area contributed by atoms with Crippen molar-refractivity contribution in [3.8, 4) is 34.3 Å². The van der Waals surface area contributed by atoms with E-state index in [1.807, 2.05) is 87.2 Å². The van der Waals surface area contributed by atoms with Gasteiger partial charge in [0.15, 0.2) is 28.3 Å². The second kappa shape index (κ2) is 25.3. The van der Waals surface area contributed by atoms with Crippen molar-refractivity contribution < 1.29 is 13.6 Å². The van der Waals surface area contributed by atoms with Crippen molar-refractivity contribution in [2.45, 2.75) is 131 Å². The number of hydrogen-bond donors (Lipinski definition) is 0. The first-order valence-electron chi connectivity index (χ1n) is 21.1. The number of nitrogens with zero attached hydrogens (tertiary/aromatic N) is 4. The molecule has 0 aliphatic heterocycles. The third kappa shape index (κ3) is 19.9. The predicted molar refractivity (Wildman–Crippen MR) is 245 cm³/mol. The summed E-state index contributed by atoms with van der Waals surface area (Å²) in [6.45, 7) is 24.2. The zero-order chi connectivity index (χ0) is 40.8. The predicted octanol–water partition coefficient (Wildman–Crippen LogP) is 13.3. The summed E-state index contributed by atoms with van der Waals surface area (Å²) in [7, 11) is -3.20. The van der Waals surface area contributed by atoms with Crippen LogP contribution in [0.1, 0.15) is 90.2 Å². The minimum absolute atomic E-state index is 0.730. The van der Waals surface area contributed by atoms with E-state index in [0.717, 1.165) is 89.3 Å². The molecule has 0 saturated heterocycles. The Morgan fingerprint density at radius 2 is 1.04 bits per heavy atom. The molecule has 1 unspecified atom stereocenters. The van der Waals surface area contributed by atoms with Gasteiger partial charge in [-0.1, -0.05) is 53.4 Å². The van der Waals surface area contributed by atoms with E-state index < -0.39 is 16.6 Å². The van der Waals surface area contributed by atoms with Crippen LogP contribution in [0.5, 0.6) is 11.5 Å². The highest BCUT2D eigenvalue weighted by atomic mass is 32.2. The average Bonchev–Trinajstić information content (AvgIpc) is 3.17. The molecular weight excluding hydrogens is 745 g/mol. The van der Waals surface area contributed by atoms with E-state index in [9.17, 15) is 0 Å². The summed E-state index contributed by atoms with van der Waals surface area (Å²) in [5.74, 6) is 7.59. The maximum absolute atomic E-state index is 6.71. The summed E-state index contributed by atoms with van der Waals surface area (Å²) < 4.78 is 18.5. The van der Waals surface area contributed by atoms with Gasteiger partial charge in [-0.15, -0.1) is 0 Å². The molecule has 308 valence electrons. The maximum Gasteiger partial charge on any atom is 0.173 e. The molecule has 0 aliphatic carbocycles. The van der Waals surface area contributed by atoms with Crippen molar-refractivity contribution in [1.29, 1.82) is 0 Å². The van der Waals surface area contributed by atoms with E-state index in [4.69, 9.17) is 13.6 Å². The molecule has 0 radical (unpaired) electrons. The molecule has 2 aromatic heterocycles. The third-order valence-corrected chi connectivity index (χ3v) is 18.3. The van der Waals surface area contributed by atoms with Crippen molar-refractivity contribution in [1.82, 2.24) is 19.9 Å². The minimum Gasteiger partial charge on any atom is -0.494 e. The molecule has 2 heterocycles. The summed E-state index contributed by atoms with van der Waals surface area (Å²) in [6, 6.07) is 18.5. The fraction of sp³-hybridized carbons (Fsp3) is 0.565. The molecule has 56 heavy (non-hydrogen) atoms. The second-order valence-corrected chi connectivity index (χ2v) is 27.0. The molecule has 4 rings (SSSR count). The van der Waals surface area contributed by atoms with Crippen molar-refractivity contribution >= 4 is 28.4 Å². The molecule has 0 N–H and O–H groups in total. The Bertz CT molecular complexity index is 1620. The van der Waals surface area contributed by atoms with Gasteiger partial charge < -0.3 is 13.6 Å². The third-order valence-electron chi connectivity index (χ3n) is 9.76. The first-order chi connectivity index (χ1) is 26.7. The normalized spacial score (nSPS) is 12.3. The molecule has 0 fully saturated rings. The maximum atomic E-state index is 6.71. The van der Waals surface area contributed by atoms with Crippen molar-refractivity contribution in [2.75, 3.05) is 24.7 Å². The number of thioether (sulfide) groups is 1. The van der Waals surface area contributed by atoms with E-state index in [1.54, 1.807) is 0 Å². The van der Waals surface area contributed by atoms with Crippen LogP contribution in [0.25, 0.3) is 22.8 Å². The van der Waals surface area contributed by atoms with Gasteiger partial charge in [-0.05, 0) is 161 Å². The molecule has 0 bridgehead atoms. The fourth-order valence-corrected chi connectivity index (χ4v) is 16.3. The largest absolute Gasteiger partial charge is 0.494 e. The van der Waals surface area contributed by atoms with E-state index >= 15 is 0 Å². The van der Waals surface area contributed by atoms with E-state index in [1.165, 1.54) is 56.1 Å². The first kappa shape index (κ1) is 47.3. The molecule has 0 amide bonds. The number of hydrogen-bond acceptors (Lipinski definition) is 8. The Morgan fingerprint density at radius 1 is 0.571 bits per heavy atom. The van der Waals surface area contributed by atoms with Gasteiger partial charge in [0.2, 0.25) is 0 Å². The van der Waals surface area contributed by atoms with Crippen LogP contribution in [0.4, 0.5) is 0 Å². The van der Waals surface area contributed by atoms with Crippen LogP contribution in [-0.4, -0.2) is 61.3 Å². The smallest absolute Gasteiger partial charge is 0.173 e. The van der Waals surface area contributed by atoms with Crippen LogP contribution in [0, 0.1) is 25.7 Å². The van der Waals surface area contributed by atoms with Gasteiger partial charge in [0.05, 0.1) is 13.2 Å². The monoisotopic (exact) mass is 816 g/mol. The van der Waals surface area contributed by atoms with Gasteiger partial charge in [-0.2, -0.15) is 11.8 Å². The summed E-state index contributed by atoms with van der Waals surface area (Å²) in [5, 5.41) is 0. The Hall–Kier alpha value is -3.06. The lowest BCUT2D eigenvalue weighted by Gasteiger charge is -2.34. The first-order valence-corrected chi connectivity index (χ1v) is 28.5. The Balaban J connectivity index is 0.000000301. The molecule has 0 aliphatic rings. The van der Waals surface area contributed by atoms with E-state index in [2.05, 4.69) is 85.6 Å². The van der Waals surface area contributed by atoms with Crippen LogP contribution in [-0.2, 0) is 4.12 Å². The Labute approximate surface area is 346 Å². The summed E-state index contributed by atoms with van der Waals surface area (Å²) >= 11 is 2.12. The lowest BCUT2D eigenvalue weighted by atomic mass is 10.1. The average molecular weight is 817 g/mol. The topological polar surface area (TPSA) is 79.3 Å². The zero-order valence-electron chi connectivity index (χ0n) is 36.4. The minimum atomic E-state index is -1.64.